The summed E-state index contributed by atoms with van der Waals surface area (Å²) in [6.07, 6.45) is 0. The van der Waals surface area contributed by atoms with Gasteiger partial charge in [0.05, 0.1) is 0 Å². The number of hydrogen-bond acceptors (Lipinski definition) is 4. The van der Waals surface area contributed by atoms with Gasteiger partial charge in [0.1, 0.15) is 0 Å². The molecular formula is C10H24Cl2N2S2. The number of halogens is 2. The van der Waals surface area contributed by atoms with Gasteiger partial charge in [-0.25, -0.2) is 0 Å². The highest BCUT2D eigenvalue weighted by Crippen LogP contribution is 2.06. The van der Waals surface area contributed by atoms with Crippen molar-refractivity contribution in [2.24, 2.45) is 0 Å². The van der Waals surface area contributed by atoms with Crippen LogP contribution in [-0.2, 0) is 0 Å². The average molecular weight is 307 g/mol. The maximum Gasteiger partial charge on any atom is 0.00696 e. The van der Waals surface area contributed by atoms with Gasteiger partial charge >= 0.3 is 0 Å². The van der Waals surface area contributed by atoms with E-state index in [4.69, 9.17) is 0 Å². The molecule has 0 bridgehead atoms. The smallest absolute Gasteiger partial charge is 0.00696 e. The van der Waals surface area contributed by atoms with Crippen LogP contribution < -0.4 is 0 Å². The minimum Gasteiger partial charge on any atom is -0.305 e. The van der Waals surface area contributed by atoms with Gasteiger partial charge in [-0.2, -0.15) is 23.5 Å². The second-order valence-corrected chi connectivity index (χ2v) is 6.28. The SMILES string of the molecule is CN1CCSCCN(C)CCSCC1.Cl.Cl. The van der Waals surface area contributed by atoms with Crippen LogP contribution in [-0.4, -0.2) is 73.1 Å². The molecule has 1 saturated heterocycles. The summed E-state index contributed by atoms with van der Waals surface area (Å²) in [5.41, 5.74) is 0. The molecule has 1 fully saturated rings. The molecule has 1 aliphatic heterocycles. The Kier molecular flexibility index (Phi) is 15.4. The molecular weight excluding hydrogens is 283 g/mol. The second-order valence-electron chi connectivity index (χ2n) is 3.83. The molecule has 1 aliphatic rings. The third-order valence-corrected chi connectivity index (χ3v) is 4.35. The van der Waals surface area contributed by atoms with Crippen LogP contribution >= 0.6 is 48.3 Å². The van der Waals surface area contributed by atoms with Gasteiger partial charge in [0.2, 0.25) is 0 Å². The van der Waals surface area contributed by atoms with Crippen molar-refractivity contribution >= 4 is 48.3 Å². The molecule has 0 saturated carbocycles. The molecule has 6 heteroatoms. The van der Waals surface area contributed by atoms with Crippen LogP contribution in [0.5, 0.6) is 0 Å². The first-order valence-electron chi connectivity index (χ1n) is 5.31. The zero-order chi connectivity index (χ0) is 10.2. The standard InChI is InChI=1S/C10H22N2S2.2ClH/c1-11-3-7-13-9-5-12(2)6-10-14-8-4-11;;/h3-10H2,1-2H3;2*1H. The first-order chi connectivity index (χ1) is 6.79. The number of thioether (sulfide) groups is 2. The van der Waals surface area contributed by atoms with Crippen LogP contribution in [0.4, 0.5) is 0 Å². The van der Waals surface area contributed by atoms with Crippen LogP contribution in [0.15, 0.2) is 0 Å². The topological polar surface area (TPSA) is 6.48 Å². The largest absolute Gasteiger partial charge is 0.305 e. The summed E-state index contributed by atoms with van der Waals surface area (Å²) in [6.45, 7) is 4.98. The fourth-order valence-corrected chi connectivity index (χ4v) is 3.48. The Morgan fingerprint density at radius 2 is 0.875 bits per heavy atom. The van der Waals surface area contributed by atoms with Gasteiger partial charge in [0, 0.05) is 49.2 Å². The molecule has 100 valence electrons. The van der Waals surface area contributed by atoms with Gasteiger partial charge in [-0.1, -0.05) is 0 Å². The van der Waals surface area contributed by atoms with E-state index in [-0.39, 0.29) is 24.8 Å². The highest BCUT2D eigenvalue weighted by molar-refractivity contribution is 7.99. The fourth-order valence-electron chi connectivity index (χ4n) is 1.31. The monoisotopic (exact) mass is 306 g/mol. The summed E-state index contributed by atoms with van der Waals surface area (Å²) < 4.78 is 0. The lowest BCUT2D eigenvalue weighted by Gasteiger charge is -2.20. The zero-order valence-corrected chi connectivity index (χ0v) is 13.5. The van der Waals surface area contributed by atoms with Gasteiger partial charge in [-0.3, -0.25) is 0 Å². The Morgan fingerprint density at radius 1 is 0.625 bits per heavy atom. The second kappa shape index (κ2) is 12.7. The van der Waals surface area contributed by atoms with E-state index in [1.165, 1.54) is 49.2 Å². The lowest BCUT2D eigenvalue weighted by atomic mass is 10.6. The Morgan fingerprint density at radius 3 is 1.12 bits per heavy atom. The summed E-state index contributed by atoms with van der Waals surface area (Å²) in [4.78, 5) is 4.90. The van der Waals surface area contributed by atoms with Gasteiger partial charge < -0.3 is 9.80 Å². The molecule has 0 N–H and O–H groups in total. The van der Waals surface area contributed by atoms with E-state index >= 15 is 0 Å². The highest BCUT2D eigenvalue weighted by Gasteiger charge is 2.03. The first-order valence-corrected chi connectivity index (χ1v) is 7.62. The minimum atomic E-state index is 0. The predicted octanol–water partition coefficient (Wildman–Crippen LogP) is 2.17. The Labute approximate surface area is 121 Å². The molecule has 16 heavy (non-hydrogen) atoms. The molecule has 0 spiro atoms. The van der Waals surface area contributed by atoms with E-state index in [0.717, 1.165) is 0 Å². The van der Waals surface area contributed by atoms with Crippen LogP contribution in [0.3, 0.4) is 0 Å². The van der Waals surface area contributed by atoms with Gasteiger partial charge in [-0.15, -0.1) is 24.8 Å². The maximum absolute atomic E-state index is 2.45. The summed E-state index contributed by atoms with van der Waals surface area (Å²) in [7, 11) is 4.47. The van der Waals surface area contributed by atoms with Crippen molar-refractivity contribution in [2.45, 2.75) is 0 Å². The number of nitrogens with zero attached hydrogens (tertiary/aromatic N) is 2. The lowest BCUT2D eigenvalue weighted by Crippen LogP contribution is -2.28. The number of hydrogen-bond donors (Lipinski definition) is 0. The van der Waals surface area contributed by atoms with Crippen LogP contribution in [0.1, 0.15) is 0 Å². The van der Waals surface area contributed by atoms with Crippen molar-refractivity contribution in [3.63, 3.8) is 0 Å². The summed E-state index contributed by atoms with van der Waals surface area (Å²) in [5, 5.41) is 0. The molecule has 0 aromatic carbocycles. The molecule has 0 amide bonds. The third kappa shape index (κ3) is 10.4. The normalized spacial score (nSPS) is 22.1. The Bertz CT molecular complexity index is 125. The van der Waals surface area contributed by atoms with Gasteiger partial charge in [0.15, 0.2) is 0 Å². The van der Waals surface area contributed by atoms with E-state index < -0.39 is 0 Å². The van der Waals surface area contributed by atoms with Crippen molar-refractivity contribution in [1.29, 1.82) is 0 Å². The molecule has 0 unspecified atom stereocenters. The van der Waals surface area contributed by atoms with Crippen molar-refractivity contribution in [3.05, 3.63) is 0 Å². The molecule has 1 heterocycles. The molecule has 0 aliphatic carbocycles. The molecule has 0 atom stereocenters. The summed E-state index contributed by atoms with van der Waals surface area (Å²) >= 11 is 4.17. The predicted molar refractivity (Wildman–Crippen MR) is 84.1 cm³/mol. The van der Waals surface area contributed by atoms with Crippen molar-refractivity contribution in [2.75, 3.05) is 63.3 Å². The molecule has 0 aromatic rings. The molecule has 0 radical (unpaired) electrons. The Hall–Kier alpha value is 1.20. The zero-order valence-electron chi connectivity index (χ0n) is 10.2. The van der Waals surface area contributed by atoms with E-state index in [1.54, 1.807) is 0 Å². The van der Waals surface area contributed by atoms with E-state index in [2.05, 4.69) is 47.4 Å². The van der Waals surface area contributed by atoms with Crippen LogP contribution in [0.2, 0.25) is 0 Å². The van der Waals surface area contributed by atoms with Crippen molar-refractivity contribution < 1.29 is 0 Å². The third-order valence-electron chi connectivity index (χ3n) is 2.47. The van der Waals surface area contributed by atoms with E-state index in [0.29, 0.717) is 0 Å². The number of rotatable bonds is 0. The van der Waals surface area contributed by atoms with E-state index in [9.17, 15) is 0 Å². The molecule has 2 nitrogen and oxygen atoms in total. The average Bonchev–Trinajstić information content (AvgIpc) is 2.14. The van der Waals surface area contributed by atoms with E-state index in [1.807, 2.05) is 0 Å². The van der Waals surface area contributed by atoms with Crippen molar-refractivity contribution in [3.8, 4) is 0 Å². The van der Waals surface area contributed by atoms with Crippen LogP contribution in [0, 0.1) is 0 Å². The minimum absolute atomic E-state index is 0. The molecule has 1 rings (SSSR count). The Balaban J connectivity index is 0. The van der Waals surface area contributed by atoms with Crippen molar-refractivity contribution in [1.82, 2.24) is 9.80 Å². The first kappa shape index (κ1) is 19.5. The maximum atomic E-state index is 2.45. The fraction of sp³-hybridized carbons (Fsp3) is 1.00. The van der Waals surface area contributed by atoms with Gasteiger partial charge in [-0.05, 0) is 14.1 Å². The quantitative estimate of drug-likeness (QED) is 0.676. The summed E-state index contributed by atoms with van der Waals surface area (Å²) in [5.74, 6) is 5.15. The molecule has 0 aromatic heterocycles. The highest BCUT2D eigenvalue weighted by atomic mass is 35.5. The van der Waals surface area contributed by atoms with Gasteiger partial charge in [0.25, 0.3) is 0 Å². The lowest BCUT2D eigenvalue weighted by molar-refractivity contribution is 0.372. The summed E-state index contributed by atoms with van der Waals surface area (Å²) in [6, 6.07) is 0. The van der Waals surface area contributed by atoms with Crippen LogP contribution in [0.25, 0.3) is 0 Å².